The highest BCUT2D eigenvalue weighted by Gasteiger charge is 2.44. The molecular weight excluding hydrogens is 270 g/mol. The first-order valence-electron chi connectivity index (χ1n) is 5.27. The third-order valence-corrected chi connectivity index (χ3v) is 5.56. The van der Waals surface area contributed by atoms with E-state index in [0.29, 0.717) is 12.3 Å². The third kappa shape index (κ3) is 7.32. The highest BCUT2D eigenvalue weighted by Crippen LogP contribution is 2.61. The largest absolute Gasteiger partial charge is 0.370 e. The Morgan fingerprint density at radius 2 is 1.65 bits per heavy atom. The fourth-order valence-electron chi connectivity index (χ4n) is 1.11. The van der Waals surface area contributed by atoms with E-state index >= 15 is 0 Å². The molecule has 104 valence electrons. The van der Waals surface area contributed by atoms with Crippen LogP contribution < -0.4 is 0 Å². The van der Waals surface area contributed by atoms with Gasteiger partial charge in [-0.1, -0.05) is 26.7 Å². The molecular formula is C8H20O7P2. The van der Waals surface area contributed by atoms with Crippen LogP contribution in [-0.2, 0) is 13.7 Å². The number of hydrogen-bond donors (Lipinski definition) is 4. The molecule has 0 saturated heterocycles. The van der Waals surface area contributed by atoms with E-state index in [2.05, 4.69) is 4.52 Å². The molecule has 2 atom stereocenters. The van der Waals surface area contributed by atoms with Crippen molar-refractivity contribution in [3.8, 4) is 0 Å². The Morgan fingerprint density at radius 1 is 1.12 bits per heavy atom. The summed E-state index contributed by atoms with van der Waals surface area (Å²) in [6, 6.07) is 0. The normalized spacial score (nSPS) is 18.1. The molecule has 0 radical (unpaired) electrons. The van der Waals surface area contributed by atoms with Gasteiger partial charge in [0.25, 0.3) is 5.59 Å². The number of rotatable bonds is 8. The van der Waals surface area contributed by atoms with Crippen molar-refractivity contribution in [2.45, 2.75) is 38.7 Å². The Morgan fingerprint density at radius 3 is 2.06 bits per heavy atom. The summed E-state index contributed by atoms with van der Waals surface area (Å²) < 4.78 is 26.3. The predicted molar refractivity (Wildman–Crippen MR) is 62.5 cm³/mol. The van der Waals surface area contributed by atoms with E-state index in [4.69, 9.17) is 19.8 Å². The summed E-state index contributed by atoms with van der Waals surface area (Å²) in [6.45, 7) is 3.96. The van der Waals surface area contributed by atoms with Gasteiger partial charge in [-0.2, -0.15) is 0 Å². The van der Waals surface area contributed by atoms with Gasteiger partial charge in [0, 0.05) is 0 Å². The Bertz CT molecular complexity index is 311. The quantitative estimate of drug-likeness (QED) is 0.394. The molecule has 0 heterocycles. The second-order valence-electron chi connectivity index (χ2n) is 4.22. The van der Waals surface area contributed by atoms with Crippen LogP contribution in [0, 0.1) is 5.92 Å². The van der Waals surface area contributed by atoms with Crippen molar-refractivity contribution in [2.24, 2.45) is 5.92 Å². The molecule has 0 aliphatic rings. The molecule has 0 aromatic rings. The van der Waals surface area contributed by atoms with Crippen LogP contribution in [0.4, 0.5) is 0 Å². The molecule has 7 nitrogen and oxygen atoms in total. The fraction of sp³-hybridized carbons (Fsp3) is 1.00. The minimum atomic E-state index is -5.03. The van der Waals surface area contributed by atoms with Crippen LogP contribution in [0.2, 0.25) is 0 Å². The molecule has 0 rings (SSSR count). The fourth-order valence-corrected chi connectivity index (χ4v) is 3.35. The van der Waals surface area contributed by atoms with E-state index in [-0.39, 0.29) is 6.61 Å². The van der Waals surface area contributed by atoms with Gasteiger partial charge in [-0.25, -0.2) is 0 Å². The van der Waals surface area contributed by atoms with Gasteiger partial charge >= 0.3 is 15.2 Å². The molecule has 9 heteroatoms. The SMILES string of the molecule is CC(C)CCCCOP(=O)(O)C(O)P(=O)(O)O. The molecule has 0 bridgehead atoms. The van der Waals surface area contributed by atoms with E-state index in [1.165, 1.54) is 0 Å². The van der Waals surface area contributed by atoms with E-state index in [1.807, 2.05) is 13.8 Å². The van der Waals surface area contributed by atoms with Crippen LogP contribution in [-0.4, -0.2) is 32.0 Å². The molecule has 0 aliphatic carbocycles. The molecule has 4 N–H and O–H groups in total. The summed E-state index contributed by atoms with van der Waals surface area (Å²) in [5.41, 5.74) is -2.67. The molecule has 0 aromatic heterocycles. The first-order chi connectivity index (χ1) is 7.57. The summed E-state index contributed by atoms with van der Waals surface area (Å²) >= 11 is 0. The lowest BCUT2D eigenvalue weighted by molar-refractivity contribution is 0.186. The van der Waals surface area contributed by atoms with Crippen LogP contribution in [0.25, 0.3) is 0 Å². The summed E-state index contributed by atoms with van der Waals surface area (Å²) in [6.07, 6.45) is 2.21. The van der Waals surface area contributed by atoms with Gasteiger partial charge in [-0.05, 0) is 12.3 Å². The second kappa shape index (κ2) is 7.00. The van der Waals surface area contributed by atoms with Gasteiger partial charge in [0.15, 0.2) is 0 Å². The summed E-state index contributed by atoms with van der Waals surface area (Å²) in [5, 5.41) is 8.96. The minimum absolute atomic E-state index is 0.114. The van der Waals surface area contributed by atoms with Crippen LogP contribution in [0.15, 0.2) is 0 Å². The number of aliphatic hydroxyl groups is 1. The lowest BCUT2D eigenvalue weighted by Crippen LogP contribution is -2.10. The van der Waals surface area contributed by atoms with Crippen molar-refractivity contribution in [2.75, 3.05) is 6.61 Å². The summed E-state index contributed by atoms with van der Waals surface area (Å²) in [5.74, 6) is 0.511. The number of unbranched alkanes of at least 4 members (excludes halogenated alkanes) is 1. The van der Waals surface area contributed by atoms with E-state index in [0.717, 1.165) is 12.8 Å². The van der Waals surface area contributed by atoms with Gasteiger partial charge in [-0.15, -0.1) is 0 Å². The van der Waals surface area contributed by atoms with Crippen molar-refractivity contribution in [1.29, 1.82) is 0 Å². The molecule has 0 saturated carbocycles. The Balaban J connectivity index is 4.03. The smallest absolute Gasteiger partial charge is 0.368 e. The first kappa shape index (κ1) is 17.3. The number of hydrogen-bond acceptors (Lipinski definition) is 4. The molecule has 17 heavy (non-hydrogen) atoms. The van der Waals surface area contributed by atoms with Crippen molar-refractivity contribution in [1.82, 2.24) is 0 Å². The van der Waals surface area contributed by atoms with E-state index in [9.17, 15) is 9.13 Å². The minimum Gasteiger partial charge on any atom is -0.370 e. The molecule has 0 fully saturated rings. The van der Waals surface area contributed by atoms with Crippen molar-refractivity contribution in [3.05, 3.63) is 0 Å². The standard InChI is InChI=1S/C8H20O7P2/c1-7(2)5-3-4-6-15-17(13,14)8(9)16(10,11)12/h7-9H,3-6H2,1-2H3,(H,13,14)(H2,10,11,12). The highest BCUT2D eigenvalue weighted by molar-refractivity contribution is 7.70. The van der Waals surface area contributed by atoms with Crippen molar-refractivity contribution < 1.29 is 33.4 Å². The maximum Gasteiger partial charge on any atom is 0.368 e. The Kier molecular flexibility index (Phi) is 7.11. The lowest BCUT2D eigenvalue weighted by Gasteiger charge is -2.18. The molecule has 0 spiro atoms. The van der Waals surface area contributed by atoms with Crippen LogP contribution >= 0.6 is 15.2 Å². The molecule has 0 amide bonds. The summed E-state index contributed by atoms with van der Waals surface area (Å²) in [7, 11) is -9.71. The monoisotopic (exact) mass is 290 g/mol. The van der Waals surface area contributed by atoms with Crippen molar-refractivity contribution >= 4 is 15.2 Å². The molecule has 0 aliphatic heterocycles. The molecule has 2 unspecified atom stereocenters. The van der Waals surface area contributed by atoms with Gasteiger partial charge in [0.2, 0.25) is 0 Å². The zero-order chi connectivity index (χ0) is 13.7. The Labute approximate surface area is 101 Å². The maximum atomic E-state index is 11.2. The lowest BCUT2D eigenvalue weighted by atomic mass is 10.1. The topological polar surface area (TPSA) is 124 Å². The zero-order valence-corrected chi connectivity index (χ0v) is 11.7. The van der Waals surface area contributed by atoms with Crippen LogP contribution in [0.1, 0.15) is 33.1 Å². The maximum absolute atomic E-state index is 11.2. The van der Waals surface area contributed by atoms with Crippen molar-refractivity contribution in [3.63, 3.8) is 0 Å². The van der Waals surface area contributed by atoms with Crippen LogP contribution in [0.5, 0.6) is 0 Å². The summed E-state index contributed by atoms with van der Waals surface area (Å²) in [4.78, 5) is 26.2. The zero-order valence-electron chi connectivity index (χ0n) is 9.89. The van der Waals surface area contributed by atoms with Gasteiger partial charge < -0.3 is 24.3 Å². The van der Waals surface area contributed by atoms with Gasteiger partial charge in [0.05, 0.1) is 6.61 Å². The molecule has 0 aromatic carbocycles. The van der Waals surface area contributed by atoms with Gasteiger partial charge in [-0.3, -0.25) is 9.13 Å². The number of aliphatic hydroxyl groups excluding tert-OH is 1. The Hall–Kier alpha value is 0.260. The van der Waals surface area contributed by atoms with E-state index < -0.39 is 20.8 Å². The second-order valence-corrected chi connectivity index (χ2v) is 8.17. The third-order valence-electron chi connectivity index (χ3n) is 2.04. The average molecular weight is 290 g/mol. The first-order valence-corrected chi connectivity index (χ1v) is 8.60. The average Bonchev–Trinajstić information content (AvgIpc) is 2.14. The van der Waals surface area contributed by atoms with Gasteiger partial charge in [0.1, 0.15) is 0 Å². The highest BCUT2D eigenvalue weighted by atomic mass is 31.2. The predicted octanol–water partition coefficient (Wildman–Crippen LogP) is 1.47. The van der Waals surface area contributed by atoms with E-state index in [1.54, 1.807) is 0 Å². The van der Waals surface area contributed by atoms with Crippen LogP contribution in [0.3, 0.4) is 0 Å².